The lowest BCUT2D eigenvalue weighted by Gasteiger charge is -2.31. The van der Waals surface area contributed by atoms with E-state index in [1.54, 1.807) is 6.20 Å². The number of hydrogen-bond acceptors (Lipinski definition) is 9. The summed E-state index contributed by atoms with van der Waals surface area (Å²) in [7, 11) is 0. The Morgan fingerprint density at radius 3 is 2.93 bits per heavy atom. The van der Waals surface area contributed by atoms with Gasteiger partial charge in [0, 0.05) is 32.4 Å². The van der Waals surface area contributed by atoms with Crippen LogP contribution in [0.2, 0.25) is 0 Å². The first-order chi connectivity index (χ1) is 14.6. The number of nitrogens with zero attached hydrogens (tertiary/aromatic N) is 5. The summed E-state index contributed by atoms with van der Waals surface area (Å²) in [6.45, 7) is 6.67. The number of morpholine rings is 1. The SMILES string of the molecule is CCCCNc1nc(N)c2c(n1)N(Cc1ccnc(N3CCOCC3)c1)CC(=O)N2. The standard InChI is InChI=1S/C20H28N8O2/c1-2-3-5-23-20-25-18(21)17-19(26-20)28(13-16(29)24-17)12-14-4-6-22-15(11-14)27-7-9-30-10-8-27/h4,6,11H,2-3,5,7-10,12-13H2,1H3,(H,24,29)(H3,21,23,25,26). The molecule has 4 rings (SSSR count). The number of rotatable bonds is 7. The zero-order valence-corrected chi connectivity index (χ0v) is 17.2. The van der Waals surface area contributed by atoms with Crippen LogP contribution in [0.5, 0.6) is 0 Å². The Kier molecular flexibility index (Phi) is 6.12. The molecule has 4 heterocycles. The topological polar surface area (TPSA) is 122 Å². The summed E-state index contributed by atoms with van der Waals surface area (Å²) < 4.78 is 5.43. The van der Waals surface area contributed by atoms with Crippen molar-refractivity contribution >= 4 is 35.0 Å². The molecular formula is C20H28N8O2. The Balaban J connectivity index is 1.57. The number of carbonyl (C=O) groups excluding carboxylic acids is 1. The molecule has 1 fully saturated rings. The second-order valence-corrected chi connectivity index (χ2v) is 7.44. The van der Waals surface area contributed by atoms with Crippen molar-refractivity contribution in [3.8, 4) is 0 Å². The molecule has 0 aromatic carbocycles. The first-order valence-electron chi connectivity index (χ1n) is 10.4. The summed E-state index contributed by atoms with van der Waals surface area (Å²) in [4.78, 5) is 29.8. The normalized spacial score (nSPS) is 16.2. The van der Waals surface area contributed by atoms with Gasteiger partial charge < -0.3 is 30.9 Å². The second kappa shape index (κ2) is 9.12. The molecule has 0 bridgehead atoms. The van der Waals surface area contributed by atoms with E-state index in [0.29, 0.717) is 37.2 Å². The van der Waals surface area contributed by atoms with Crippen molar-refractivity contribution in [1.82, 2.24) is 15.0 Å². The highest BCUT2D eigenvalue weighted by molar-refractivity contribution is 6.03. The van der Waals surface area contributed by atoms with Gasteiger partial charge in [-0.1, -0.05) is 13.3 Å². The second-order valence-electron chi connectivity index (χ2n) is 7.44. The fourth-order valence-corrected chi connectivity index (χ4v) is 3.57. The number of nitrogens with one attached hydrogen (secondary N) is 2. The lowest BCUT2D eigenvalue weighted by atomic mass is 10.2. The summed E-state index contributed by atoms with van der Waals surface area (Å²) in [6, 6.07) is 4.02. The lowest BCUT2D eigenvalue weighted by Crippen LogP contribution is -2.39. The number of ether oxygens (including phenoxy) is 1. The van der Waals surface area contributed by atoms with Gasteiger partial charge in [0.1, 0.15) is 11.5 Å². The van der Waals surface area contributed by atoms with E-state index >= 15 is 0 Å². The quantitative estimate of drug-likeness (QED) is 0.580. The highest BCUT2D eigenvalue weighted by atomic mass is 16.5. The summed E-state index contributed by atoms with van der Waals surface area (Å²) in [5, 5.41) is 6.02. The summed E-state index contributed by atoms with van der Waals surface area (Å²) in [5.74, 6) is 2.16. The van der Waals surface area contributed by atoms with Gasteiger partial charge in [-0.25, -0.2) is 4.98 Å². The van der Waals surface area contributed by atoms with Crippen LogP contribution in [0.1, 0.15) is 25.3 Å². The summed E-state index contributed by atoms with van der Waals surface area (Å²) in [5.41, 5.74) is 7.64. The third-order valence-electron chi connectivity index (χ3n) is 5.15. The molecule has 2 aromatic rings. The summed E-state index contributed by atoms with van der Waals surface area (Å²) >= 11 is 0. The van der Waals surface area contributed by atoms with Crippen LogP contribution in [0, 0.1) is 0 Å². The number of nitrogens with two attached hydrogens (primary N) is 1. The molecule has 2 aliphatic rings. The number of amides is 1. The monoisotopic (exact) mass is 412 g/mol. The Labute approximate surface area is 175 Å². The molecule has 0 saturated carbocycles. The van der Waals surface area contributed by atoms with E-state index in [9.17, 15) is 4.79 Å². The molecule has 0 unspecified atom stereocenters. The van der Waals surface area contributed by atoms with Gasteiger partial charge in [0.15, 0.2) is 11.6 Å². The molecule has 0 aliphatic carbocycles. The van der Waals surface area contributed by atoms with Crippen molar-refractivity contribution in [2.24, 2.45) is 0 Å². The van der Waals surface area contributed by atoms with Gasteiger partial charge in [-0.2, -0.15) is 9.97 Å². The first-order valence-corrected chi connectivity index (χ1v) is 10.4. The van der Waals surface area contributed by atoms with Gasteiger partial charge in [-0.05, 0) is 24.1 Å². The Morgan fingerprint density at radius 2 is 2.13 bits per heavy atom. The third-order valence-corrected chi connectivity index (χ3v) is 5.15. The molecule has 10 nitrogen and oxygen atoms in total. The van der Waals surface area contributed by atoms with Crippen LogP contribution in [-0.4, -0.2) is 60.3 Å². The molecule has 1 saturated heterocycles. The minimum atomic E-state index is -0.132. The molecule has 0 radical (unpaired) electrons. The zero-order chi connectivity index (χ0) is 20.9. The van der Waals surface area contributed by atoms with E-state index in [2.05, 4.69) is 43.5 Å². The maximum absolute atomic E-state index is 12.3. The Bertz CT molecular complexity index is 900. The molecule has 30 heavy (non-hydrogen) atoms. The van der Waals surface area contributed by atoms with Crippen LogP contribution in [0.4, 0.5) is 29.1 Å². The minimum absolute atomic E-state index is 0.132. The van der Waals surface area contributed by atoms with E-state index in [1.165, 1.54) is 0 Å². The van der Waals surface area contributed by atoms with Gasteiger partial charge in [0.05, 0.1) is 19.8 Å². The maximum atomic E-state index is 12.3. The van der Waals surface area contributed by atoms with Crippen molar-refractivity contribution < 1.29 is 9.53 Å². The molecule has 160 valence electrons. The molecule has 4 N–H and O–H groups in total. The van der Waals surface area contributed by atoms with Gasteiger partial charge >= 0.3 is 0 Å². The van der Waals surface area contributed by atoms with E-state index in [0.717, 1.165) is 43.9 Å². The van der Waals surface area contributed by atoms with Crippen LogP contribution in [-0.2, 0) is 16.1 Å². The van der Waals surface area contributed by atoms with Crippen molar-refractivity contribution in [3.05, 3.63) is 23.9 Å². The number of anilines is 5. The maximum Gasteiger partial charge on any atom is 0.244 e. The van der Waals surface area contributed by atoms with Crippen molar-refractivity contribution in [1.29, 1.82) is 0 Å². The molecule has 0 spiro atoms. The fraction of sp³-hybridized carbons (Fsp3) is 0.500. The highest BCUT2D eigenvalue weighted by Crippen LogP contribution is 2.33. The third kappa shape index (κ3) is 4.54. The average Bonchev–Trinajstić information content (AvgIpc) is 2.76. The Morgan fingerprint density at radius 1 is 1.30 bits per heavy atom. The van der Waals surface area contributed by atoms with Crippen LogP contribution < -0.4 is 26.2 Å². The molecule has 0 atom stereocenters. The van der Waals surface area contributed by atoms with Crippen molar-refractivity contribution in [3.63, 3.8) is 0 Å². The highest BCUT2D eigenvalue weighted by Gasteiger charge is 2.27. The molecule has 2 aliphatic heterocycles. The Hall–Kier alpha value is -3.14. The zero-order valence-electron chi connectivity index (χ0n) is 17.2. The smallest absolute Gasteiger partial charge is 0.244 e. The number of unbranched alkanes of at least 4 members (excludes halogenated alkanes) is 1. The number of aromatic nitrogens is 3. The predicted octanol–water partition coefficient (Wildman–Crippen LogP) is 1.46. The summed E-state index contributed by atoms with van der Waals surface area (Å²) in [6.07, 6.45) is 3.89. The van der Waals surface area contributed by atoms with E-state index in [1.807, 2.05) is 11.0 Å². The molecular weight excluding hydrogens is 384 g/mol. The van der Waals surface area contributed by atoms with Gasteiger partial charge in [0.2, 0.25) is 11.9 Å². The van der Waals surface area contributed by atoms with Gasteiger partial charge in [-0.3, -0.25) is 4.79 Å². The van der Waals surface area contributed by atoms with E-state index < -0.39 is 0 Å². The number of carbonyl (C=O) groups is 1. The average molecular weight is 412 g/mol. The largest absolute Gasteiger partial charge is 0.382 e. The van der Waals surface area contributed by atoms with Crippen LogP contribution >= 0.6 is 0 Å². The van der Waals surface area contributed by atoms with Crippen LogP contribution in [0.25, 0.3) is 0 Å². The predicted molar refractivity (Wildman–Crippen MR) is 117 cm³/mol. The molecule has 1 amide bonds. The number of hydrogen-bond donors (Lipinski definition) is 3. The van der Waals surface area contributed by atoms with Crippen molar-refractivity contribution in [2.75, 3.05) is 65.6 Å². The van der Waals surface area contributed by atoms with Crippen LogP contribution in [0.15, 0.2) is 18.3 Å². The number of pyridine rings is 1. The molecule has 10 heteroatoms. The fourth-order valence-electron chi connectivity index (χ4n) is 3.57. The number of fused-ring (bicyclic) bond motifs is 1. The van der Waals surface area contributed by atoms with E-state index in [-0.39, 0.29) is 18.3 Å². The first kappa shape index (κ1) is 20.1. The van der Waals surface area contributed by atoms with E-state index in [4.69, 9.17) is 10.5 Å². The van der Waals surface area contributed by atoms with Gasteiger partial charge in [0.25, 0.3) is 0 Å². The van der Waals surface area contributed by atoms with Crippen molar-refractivity contribution in [2.45, 2.75) is 26.3 Å². The van der Waals surface area contributed by atoms with Crippen LogP contribution in [0.3, 0.4) is 0 Å². The van der Waals surface area contributed by atoms with Gasteiger partial charge in [-0.15, -0.1) is 0 Å². The lowest BCUT2D eigenvalue weighted by molar-refractivity contribution is -0.115. The molecule has 2 aromatic heterocycles. The number of nitrogen functional groups attached to an aromatic ring is 1. The minimum Gasteiger partial charge on any atom is -0.382 e.